The first kappa shape index (κ1) is 16.8. The van der Waals surface area contributed by atoms with Crippen LogP contribution in [0.5, 0.6) is 0 Å². The third-order valence-corrected chi connectivity index (χ3v) is 2.86. The number of benzene rings is 2. The lowest BCUT2D eigenvalue weighted by atomic mass is 9.98. The van der Waals surface area contributed by atoms with Crippen LogP contribution < -0.4 is 0 Å². The van der Waals surface area contributed by atoms with Crippen molar-refractivity contribution in [1.29, 1.82) is 0 Å². The van der Waals surface area contributed by atoms with Gasteiger partial charge in [0.15, 0.2) is 11.6 Å². The molecule has 5 heteroatoms. The predicted octanol–water partition coefficient (Wildman–Crippen LogP) is 3.64. The van der Waals surface area contributed by atoms with E-state index in [-0.39, 0.29) is 18.0 Å². The molecular formula is C16H15BF2O2. The van der Waals surface area contributed by atoms with Crippen molar-refractivity contribution in [3.63, 3.8) is 0 Å². The Morgan fingerprint density at radius 2 is 1.43 bits per heavy atom. The Morgan fingerprint density at radius 3 is 2.00 bits per heavy atom. The van der Waals surface area contributed by atoms with Gasteiger partial charge >= 0.3 is 7.83 Å². The number of rotatable bonds is 4. The average molecular weight is 288 g/mol. The van der Waals surface area contributed by atoms with Gasteiger partial charge in [-0.15, -0.1) is 0 Å². The Labute approximate surface area is 123 Å². The molecule has 0 aliphatic heterocycles. The minimum atomic E-state index is -1.75. The van der Waals surface area contributed by atoms with Gasteiger partial charge in [0.1, 0.15) is 0 Å². The zero-order chi connectivity index (χ0) is 15.7. The molecule has 2 nitrogen and oxygen atoms in total. The monoisotopic (exact) mass is 288 g/mol. The molecule has 2 aromatic rings. The fraction of sp³-hybridized carbons (Fsp3) is 0.125. The molecule has 0 heterocycles. The number of carbonyl (C=O) groups excluding carboxylic acids is 2. The van der Waals surface area contributed by atoms with E-state index in [1.807, 2.05) is 31.2 Å². The fourth-order valence-electron chi connectivity index (χ4n) is 1.85. The minimum absolute atomic E-state index is 0.0745. The molecule has 0 bridgehead atoms. The molecule has 0 atom stereocenters. The van der Waals surface area contributed by atoms with Crippen LogP contribution in [0, 0.1) is 6.92 Å². The molecule has 0 saturated carbocycles. The molecular weight excluding hydrogens is 273 g/mol. The number of ketones is 2. The highest BCUT2D eigenvalue weighted by Crippen LogP contribution is 2.12. The van der Waals surface area contributed by atoms with E-state index >= 15 is 0 Å². The molecule has 0 N–H and O–H groups in total. The Morgan fingerprint density at radius 1 is 0.905 bits per heavy atom. The van der Waals surface area contributed by atoms with Crippen LogP contribution in [-0.4, -0.2) is 19.4 Å². The molecule has 0 aliphatic rings. The Balaban J connectivity index is 0.000000677. The topological polar surface area (TPSA) is 34.1 Å². The molecule has 21 heavy (non-hydrogen) atoms. The Kier molecular flexibility index (Phi) is 7.02. The minimum Gasteiger partial charge on any atom is -0.294 e. The van der Waals surface area contributed by atoms with Crippen molar-refractivity contribution < 1.29 is 18.2 Å². The summed E-state index contributed by atoms with van der Waals surface area (Å²) in [5.74, 6) is -0.259. The van der Waals surface area contributed by atoms with Crippen molar-refractivity contribution in [3.05, 3.63) is 71.3 Å². The maximum Gasteiger partial charge on any atom is 0.521 e. The van der Waals surface area contributed by atoms with Crippen LogP contribution in [0.4, 0.5) is 8.63 Å². The number of aryl methyl sites for hydroxylation is 1. The molecule has 0 amide bonds. The largest absolute Gasteiger partial charge is 0.521 e. The summed E-state index contributed by atoms with van der Waals surface area (Å²) < 4.78 is 19.2. The first-order chi connectivity index (χ1) is 10.1. The van der Waals surface area contributed by atoms with E-state index in [2.05, 4.69) is 0 Å². The third-order valence-electron chi connectivity index (χ3n) is 2.86. The normalized spacial score (nSPS) is 9.29. The quantitative estimate of drug-likeness (QED) is 0.489. The van der Waals surface area contributed by atoms with Gasteiger partial charge in [0, 0.05) is 11.1 Å². The summed E-state index contributed by atoms with van der Waals surface area (Å²) in [5.41, 5.74) is 2.12. The number of hydrogen-bond acceptors (Lipinski definition) is 2. The molecule has 2 aromatic carbocycles. The molecule has 0 spiro atoms. The van der Waals surface area contributed by atoms with E-state index < -0.39 is 7.83 Å². The Bertz CT molecular complexity index is 600. The van der Waals surface area contributed by atoms with E-state index in [4.69, 9.17) is 0 Å². The number of carbonyl (C=O) groups is 2. The summed E-state index contributed by atoms with van der Waals surface area (Å²) in [6.45, 7) is 1.88. The maximum absolute atomic E-state index is 12.0. The number of halogens is 2. The van der Waals surface area contributed by atoms with Gasteiger partial charge in [0.2, 0.25) is 0 Å². The zero-order valence-corrected chi connectivity index (χ0v) is 11.7. The van der Waals surface area contributed by atoms with Crippen LogP contribution >= 0.6 is 0 Å². The molecule has 0 aromatic heterocycles. The van der Waals surface area contributed by atoms with Crippen LogP contribution in [0.2, 0.25) is 0 Å². The highest BCUT2D eigenvalue weighted by atomic mass is 19.2. The van der Waals surface area contributed by atoms with E-state index in [1.54, 1.807) is 30.3 Å². The molecule has 2 rings (SSSR count). The van der Waals surface area contributed by atoms with Gasteiger partial charge in [0.05, 0.1) is 6.42 Å². The molecule has 0 unspecified atom stereocenters. The van der Waals surface area contributed by atoms with Crippen molar-refractivity contribution in [2.75, 3.05) is 0 Å². The molecule has 0 fully saturated rings. The number of Topliss-reactive ketones (excluding diaryl/α,β-unsaturated/α-hetero) is 2. The second-order valence-corrected chi connectivity index (χ2v) is 4.31. The molecule has 0 radical (unpaired) electrons. The third kappa shape index (κ3) is 5.30. The van der Waals surface area contributed by atoms with E-state index in [9.17, 15) is 18.2 Å². The highest BCUT2D eigenvalue weighted by molar-refractivity contribution is 6.15. The summed E-state index contributed by atoms with van der Waals surface area (Å²) >= 11 is 0. The van der Waals surface area contributed by atoms with Crippen molar-refractivity contribution in [1.82, 2.24) is 0 Å². The maximum atomic E-state index is 12.0. The highest BCUT2D eigenvalue weighted by Gasteiger charge is 2.14. The lowest BCUT2D eigenvalue weighted by molar-refractivity contribution is 0.0894. The van der Waals surface area contributed by atoms with Gasteiger partial charge < -0.3 is 0 Å². The number of hydrogen-bond donors (Lipinski definition) is 0. The van der Waals surface area contributed by atoms with Crippen LogP contribution in [0.1, 0.15) is 32.7 Å². The van der Waals surface area contributed by atoms with Gasteiger partial charge in [-0.2, -0.15) is 0 Å². The summed E-state index contributed by atoms with van der Waals surface area (Å²) in [6, 6.07) is 16.2. The van der Waals surface area contributed by atoms with E-state index in [1.165, 1.54) is 0 Å². The average Bonchev–Trinajstić information content (AvgIpc) is 2.49. The van der Waals surface area contributed by atoms with Gasteiger partial charge in [-0.05, 0) is 12.5 Å². The summed E-state index contributed by atoms with van der Waals surface area (Å²) in [7, 11) is -1.75. The Hall–Kier alpha value is -2.30. The lowest BCUT2D eigenvalue weighted by Crippen LogP contribution is -2.09. The van der Waals surface area contributed by atoms with Gasteiger partial charge in [-0.1, -0.05) is 54.6 Å². The smallest absolute Gasteiger partial charge is 0.294 e. The van der Waals surface area contributed by atoms with Gasteiger partial charge in [0.25, 0.3) is 0 Å². The second-order valence-electron chi connectivity index (χ2n) is 4.31. The summed E-state index contributed by atoms with van der Waals surface area (Å²) in [5, 5.41) is 0. The van der Waals surface area contributed by atoms with Crippen LogP contribution in [0.25, 0.3) is 0 Å². The molecule has 0 saturated heterocycles. The summed E-state index contributed by atoms with van der Waals surface area (Å²) in [6.07, 6.45) is -0.0745. The second kappa shape index (κ2) is 8.79. The van der Waals surface area contributed by atoms with Crippen LogP contribution in [-0.2, 0) is 0 Å². The van der Waals surface area contributed by atoms with E-state index in [0.29, 0.717) is 11.1 Å². The molecule has 108 valence electrons. The first-order valence-electron chi connectivity index (χ1n) is 6.39. The van der Waals surface area contributed by atoms with Crippen molar-refractivity contribution in [2.24, 2.45) is 0 Å². The van der Waals surface area contributed by atoms with Crippen molar-refractivity contribution in [3.8, 4) is 0 Å². The van der Waals surface area contributed by atoms with Crippen molar-refractivity contribution in [2.45, 2.75) is 13.3 Å². The first-order valence-corrected chi connectivity index (χ1v) is 6.39. The van der Waals surface area contributed by atoms with Crippen molar-refractivity contribution >= 4 is 19.4 Å². The van der Waals surface area contributed by atoms with Gasteiger partial charge in [-0.25, -0.2) is 0 Å². The predicted molar refractivity (Wildman–Crippen MR) is 80.3 cm³/mol. The standard InChI is InChI=1S/C16H14O2.BF2H/c1-12-7-5-6-10-14(12)16(18)11-15(17)13-8-3-2-4-9-13;2-1-3/h2-10H,11H2,1H3;1H. The molecule has 0 aliphatic carbocycles. The van der Waals surface area contributed by atoms with Crippen LogP contribution in [0.15, 0.2) is 54.6 Å². The fourth-order valence-corrected chi connectivity index (χ4v) is 1.85. The summed E-state index contributed by atoms with van der Waals surface area (Å²) in [4.78, 5) is 23.9. The van der Waals surface area contributed by atoms with Gasteiger partial charge in [-0.3, -0.25) is 18.2 Å². The zero-order valence-electron chi connectivity index (χ0n) is 11.7. The SMILES string of the molecule is Cc1ccccc1C(=O)CC(=O)c1ccccc1.FBF. The van der Waals surface area contributed by atoms with Crippen LogP contribution in [0.3, 0.4) is 0 Å². The van der Waals surface area contributed by atoms with E-state index in [0.717, 1.165) is 5.56 Å². The lowest BCUT2D eigenvalue weighted by Gasteiger charge is -2.04.